The number of carboxylic acid groups (broad SMARTS) is 1. The Balaban J connectivity index is 1.28. The van der Waals surface area contributed by atoms with Gasteiger partial charge in [-0.05, 0) is 49.3 Å². The van der Waals surface area contributed by atoms with Crippen molar-refractivity contribution in [2.45, 2.75) is 70.4 Å². The van der Waals surface area contributed by atoms with Crippen LogP contribution in [0, 0.1) is 0 Å². The zero-order chi connectivity index (χ0) is 20.3. The largest absolute Gasteiger partial charge is 0.480 e. The second-order valence-electron chi connectivity index (χ2n) is 7.90. The van der Waals surface area contributed by atoms with E-state index in [1.165, 1.54) is 24.1 Å². The summed E-state index contributed by atoms with van der Waals surface area (Å²) < 4.78 is 0. The first kappa shape index (κ1) is 21.3. The molecule has 5 heteroatoms. The fraction of sp³-hybridized carbons (Fsp3) is 0.500. The first-order valence-electron chi connectivity index (χ1n) is 10.9. The monoisotopic (exact) mass is 395 g/mol. The van der Waals surface area contributed by atoms with Gasteiger partial charge in [-0.25, -0.2) is 4.98 Å². The number of aliphatic carboxylic acids is 1. The number of aryl methyl sites for hydroxylation is 2. The highest BCUT2D eigenvalue weighted by atomic mass is 16.4. The summed E-state index contributed by atoms with van der Waals surface area (Å²) in [6.45, 7) is 1.63. The van der Waals surface area contributed by atoms with Gasteiger partial charge in [0, 0.05) is 18.8 Å². The van der Waals surface area contributed by atoms with E-state index in [-0.39, 0.29) is 0 Å². The highest BCUT2D eigenvalue weighted by Crippen LogP contribution is 2.20. The summed E-state index contributed by atoms with van der Waals surface area (Å²) in [6.07, 6.45) is 9.50. The van der Waals surface area contributed by atoms with E-state index in [1.807, 2.05) is 30.3 Å². The maximum absolute atomic E-state index is 11.5. The molecule has 1 aliphatic heterocycles. The quantitative estimate of drug-likeness (QED) is 0.459. The summed E-state index contributed by atoms with van der Waals surface area (Å²) in [5.41, 5.74) is 3.63. The number of anilines is 1. The topological polar surface area (TPSA) is 74.2 Å². The number of nitrogens with one attached hydrogen (secondary N) is 2. The van der Waals surface area contributed by atoms with E-state index in [9.17, 15) is 9.90 Å². The lowest BCUT2D eigenvalue weighted by atomic mass is 10.0. The maximum Gasteiger partial charge on any atom is 0.320 e. The average Bonchev–Trinajstić information content (AvgIpc) is 2.75. The number of fused-ring (bicyclic) bond motifs is 1. The van der Waals surface area contributed by atoms with Crippen LogP contribution in [-0.4, -0.2) is 28.6 Å². The number of hydrogen-bond acceptors (Lipinski definition) is 4. The van der Waals surface area contributed by atoms with Crippen LogP contribution in [0.4, 0.5) is 5.82 Å². The van der Waals surface area contributed by atoms with Crippen molar-refractivity contribution in [3.8, 4) is 0 Å². The summed E-state index contributed by atoms with van der Waals surface area (Å²) >= 11 is 0. The number of carbonyl (C=O) groups is 1. The van der Waals surface area contributed by atoms with E-state index >= 15 is 0 Å². The Morgan fingerprint density at radius 1 is 1.07 bits per heavy atom. The van der Waals surface area contributed by atoms with Crippen molar-refractivity contribution in [1.29, 1.82) is 0 Å². The molecular formula is C24H33N3O2. The minimum Gasteiger partial charge on any atom is -0.480 e. The normalized spacial score (nSPS) is 14.1. The highest BCUT2D eigenvalue weighted by Gasteiger charge is 2.16. The molecule has 1 aromatic heterocycles. The van der Waals surface area contributed by atoms with Crippen molar-refractivity contribution < 1.29 is 9.90 Å². The molecule has 0 bridgehead atoms. The molecule has 1 atom stereocenters. The number of rotatable bonds is 12. The summed E-state index contributed by atoms with van der Waals surface area (Å²) in [5.74, 6) is 0.324. The molecule has 3 N–H and O–H groups in total. The van der Waals surface area contributed by atoms with E-state index < -0.39 is 12.0 Å². The molecule has 0 aliphatic carbocycles. The van der Waals surface area contributed by atoms with Crippen LogP contribution in [0.1, 0.15) is 61.8 Å². The molecule has 0 fully saturated rings. The number of pyridine rings is 1. The number of nitrogens with zero attached hydrogens (tertiary/aromatic N) is 1. The summed E-state index contributed by atoms with van der Waals surface area (Å²) in [6, 6.07) is 13.9. The van der Waals surface area contributed by atoms with Gasteiger partial charge in [0.25, 0.3) is 0 Å². The molecule has 0 amide bonds. The predicted molar refractivity (Wildman–Crippen MR) is 117 cm³/mol. The van der Waals surface area contributed by atoms with Gasteiger partial charge in [0.05, 0.1) is 0 Å². The SMILES string of the molecule is O=C(O)[C@H](CCCCCCCc1ccc2c(n1)NCCC2)NCc1ccccc1. The third-order valence-corrected chi connectivity index (χ3v) is 5.57. The molecule has 0 unspecified atom stereocenters. The molecule has 0 spiro atoms. The number of hydrogen-bond donors (Lipinski definition) is 3. The molecule has 29 heavy (non-hydrogen) atoms. The Labute approximate surface area is 174 Å². The second-order valence-corrected chi connectivity index (χ2v) is 7.90. The Bertz CT molecular complexity index is 764. The van der Waals surface area contributed by atoms with E-state index in [4.69, 9.17) is 4.98 Å². The molecule has 5 nitrogen and oxygen atoms in total. The maximum atomic E-state index is 11.5. The Morgan fingerprint density at radius 2 is 1.86 bits per heavy atom. The van der Waals surface area contributed by atoms with E-state index in [1.54, 1.807) is 0 Å². The van der Waals surface area contributed by atoms with Crippen molar-refractivity contribution in [3.05, 3.63) is 59.3 Å². The minimum atomic E-state index is -0.756. The summed E-state index contributed by atoms with van der Waals surface area (Å²) in [4.78, 5) is 16.2. The molecule has 0 saturated heterocycles. The van der Waals surface area contributed by atoms with Crippen LogP contribution in [0.2, 0.25) is 0 Å². The number of aromatic nitrogens is 1. The van der Waals surface area contributed by atoms with Crippen molar-refractivity contribution in [2.24, 2.45) is 0 Å². The van der Waals surface area contributed by atoms with Gasteiger partial charge in [0.1, 0.15) is 11.9 Å². The van der Waals surface area contributed by atoms with Gasteiger partial charge in [-0.1, -0.05) is 62.1 Å². The zero-order valence-electron chi connectivity index (χ0n) is 17.2. The smallest absolute Gasteiger partial charge is 0.320 e. The first-order chi connectivity index (χ1) is 14.2. The lowest BCUT2D eigenvalue weighted by molar-refractivity contribution is -0.139. The molecule has 0 radical (unpaired) electrons. The van der Waals surface area contributed by atoms with Crippen LogP contribution < -0.4 is 10.6 Å². The number of carboxylic acids is 1. The molecule has 0 saturated carbocycles. The van der Waals surface area contributed by atoms with Crippen LogP contribution in [0.15, 0.2) is 42.5 Å². The molecule has 1 aromatic carbocycles. The van der Waals surface area contributed by atoms with Gasteiger partial charge >= 0.3 is 5.97 Å². The molecule has 2 aromatic rings. The molecule has 156 valence electrons. The van der Waals surface area contributed by atoms with Gasteiger partial charge < -0.3 is 15.7 Å². The van der Waals surface area contributed by atoms with Crippen molar-refractivity contribution in [1.82, 2.24) is 10.3 Å². The van der Waals surface area contributed by atoms with Crippen LogP contribution >= 0.6 is 0 Å². The minimum absolute atomic E-state index is 0.470. The van der Waals surface area contributed by atoms with E-state index in [0.717, 1.165) is 56.5 Å². The van der Waals surface area contributed by atoms with Crippen molar-refractivity contribution in [2.75, 3.05) is 11.9 Å². The Hall–Kier alpha value is -2.40. The first-order valence-corrected chi connectivity index (χ1v) is 10.9. The Morgan fingerprint density at radius 3 is 2.69 bits per heavy atom. The van der Waals surface area contributed by atoms with Crippen LogP contribution in [-0.2, 0) is 24.2 Å². The van der Waals surface area contributed by atoms with E-state index in [2.05, 4.69) is 22.8 Å². The third-order valence-electron chi connectivity index (χ3n) is 5.57. The third kappa shape index (κ3) is 7.17. The average molecular weight is 396 g/mol. The molecular weight excluding hydrogens is 362 g/mol. The highest BCUT2D eigenvalue weighted by molar-refractivity contribution is 5.73. The van der Waals surface area contributed by atoms with Crippen LogP contribution in [0.5, 0.6) is 0 Å². The predicted octanol–water partition coefficient (Wildman–Crippen LogP) is 4.57. The fourth-order valence-corrected chi connectivity index (χ4v) is 3.84. The van der Waals surface area contributed by atoms with Gasteiger partial charge in [-0.15, -0.1) is 0 Å². The fourth-order valence-electron chi connectivity index (χ4n) is 3.84. The number of unbranched alkanes of at least 4 members (excludes halogenated alkanes) is 4. The molecule has 1 aliphatic rings. The lowest BCUT2D eigenvalue weighted by Crippen LogP contribution is -2.36. The van der Waals surface area contributed by atoms with Crippen LogP contribution in [0.25, 0.3) is 0 Å². The Kier molecular flexibility index (Phi) is 8.50. The zero-order valence-corrected chi connectivity index (χ0v) is 17.2. The molecule has 3 rings (SSSR count). The van der Waals surface area contributed by atoms with Gasteiger partial charge in [0.15, 0.2) is 0 Å². The van der Waals surface area contributed by atoms with Gasteiger partial charge in [-0.2, -0.15) is 0 Å². The van der Waals surface area contributed by atoms with Crippen molar-refractivity contribution >= 4 is 11.8 Å². The standard InChI is InChI=1S/C24H33N3O2/c28-24(29)22(26-18-19-10-5-4-6-11-19)14-8-3-1-2-7-13-21-16-15-20-12-9-17-25-23(20)27-21/h4-6,10-11,15-16,22,26H,1-3,7-9,12-14,17-18H2,(H,25,27)(H,28,29)/t22-/m0/s1. The summed E-state index contributed by atoms with van der Waals surface area (Å²) in [7, 11) is 0. The second kappa shape index (κ2) is 11.6. The van der Waals surface area contributed by atoms with Gasteiger partial charge in [-0.3, -0.25) is 4.79 Å². The summed E-state index contributed by atoms with van der Waals surface area (Å²) in [5, 5.41) is 16.0. The van der Waals surface area contributed by atoms with Crippen LogP contribution in [0.3, 0.4) is 0 Å². The molecule has 2 heterocycles. The van der Waals surface area contributed by atoms with Crippen molar-refractivity contribution in [3.63, 3.8) is 0 Å². The lowest BCUT2D eigenvalue weighted by Gasteiger charge is -2.17. The van der Waals surface area contributed by atoms with Gasteiger partial charge in [0.2, 0.25) is 0 Å². The van der Waals surface area contributed by atoms with E-state index in [0.29, 0.717) is 13.0 Å². The number of benzene rings is 1.